The van der Waals surface area contributed by atoms with Crippen LogP contribution in [0.5, 0.6) is 0 Å². The Hall–Kier alpha value is -0.0600. The zero-order valence-electron chi connectivity index (χ0n) is 23.6. The quantitative estimate of drug-likeness (QED) is 0.183. The Morgan fingerprint density at radius 3 is 1.18 bits per heavy atom. The van der Waals surface area contributed by atoms with Gasteiger partial charge in [0.05, 0.1) is 0 Å². The highest BCUT2D eigenvalue weighted by molar-refractivity contribution is 6.24. The normalized spacial score (nSPS) is 19.3. The molecule has 0 saturated heterocycles. The maximum atomic E-state index is 16.4. The van der Waals surface area contributed by atoms with E-state index in [4.69, 9.17) is 11.6 Å². The van der Waals surface area contributed by atoms with Gasteiger partial charge in [-0.1, -0.05) is 121 Å². The number of hydrogen-bond donors (Lipinski definition) is 0. The van der Waals surface area contributed by atoms with E-state index in [1.807, 2.05) is 13.8 Å². The van der Waals surface area contributed by atoms with Crippen molar-refractivity contribution in [2.75, 3.05) is 0 Å². The molecule has 0 radical (unpaired) electrons. The second kappa shape index (κ2) is 9.11. The van der Waals surface area contributed by atoms with Gasteiger partial charge in [0, 0.05) is 22.7 Å². The van der Waals surface area contributed by atoms with E-state index < -0.39 is 55.9 Å². The molecule has 0 aliphatic carbocycles. The summed E-state index contributed by atoms with van der Waals surface area (Å²) < 4.78 is 80.4. The molecule has 2 atom stereocenters. The van der Waals surface area contributed by atoms with Gasteiger partial charge in [0.15, 0.2) is 0 Å². The second-order valence-corrected chi connectivity index (χ2v) is 13.8. The minimum atomic E-state index is -4.09. The van der Waals surface area contributed by atoms with Crippen molar-refractivity contribution in [1.29, 1.82) is 0 Å². The van der Waals surface area contributed by atoms with Crippen LogP contribution in [0.25, 0.3) is 0 Å². The Morgan fingerprint density at radius 2 is 0.879 bits per heavy atom. The fourth-order valence-corrected chi connectivity index (χ4v) is 5.24. The van der Waals surface area contributed by atoms with Gasteiger partial charge in [0.1, 0.15) is 0 Å². The Kier molecular flexibility index (Phi) is 9.09. The Morgan fingerprint density at radius 1 is 0.515 bits per heavy atom. The van der Waals surface area contributed by atoms with Crippen molar-refractivity contribution in [2.45, 2.75) is 140 Å². The highest BCUT2D eigenvalue weighted by Gasteiger charge is 2.75. The molecule has 0 nitrogen and oxygen atoms in total. The SMILES string of the molecule is CCC(C)(C)C(C)(C)C(F)(F)CC(C)(C)C(C)(C)C(F)(F)C(F)(Cl)C(C)(CC)C(C)(C)CC. The minimum Gasteiger partial charge on any atom is -0.219 e. The van der Waals surface area contributed by atoms with Crippen LogP contribution in [0.15, 0.2) is 0 Å². The van der Waals surface area contributed by atoms with E-state index in [0.717, 1.165) is 0 Å². The Bertz CT molecular complexity index is 674. The lowest BCUT2D eigenvalue weighted by Gasteiger charge is -2.58. The summed E-state index contributed by atoms with van der Waals surface area (Å²) in [7, 11) is 0. The molecule has 0 spiro atoms. The Labute approximate surface area is 205 Å². The van der Waals surface area contributed by atoms with Crippen LogP contribution in [0.1, 0.15) is 123 Å². The van der Waals surface area contributed by atoms with Gasteiger partial charge in [0.25, 0.3) is 11.1 Å². The fraction of sp³-hybridized carbons (Fsp3) is 1.00. The van der Waals surface area contributed by atoms with Crippen LogP contribution >= 0.6 is 11.6 Å². The molecule has 0 aliphatic rings. The molecule has 33 heavy (non-hydrogen) atoms. The first-order chi connectivity index (χ1) is 14.1. The summed E-state index contributed by atoms with van der Waals surface area (Å²) in [5.74, 6) is -7.37. The smallest absolute Gasteiger partial charge is 0.219 e. The van der Waals surface area contributed by atoms with E-state index in [9.17, 15) is 0 Å². The average Bonchev–Trinajstić information content (AvgIpc) is 2.65. The molecule has 0 aromatic rings. The molecule has 0 aromatic heterocycles. The topological polar surface area (TPSA) is 0 Å². The lowest BCUT2D eigenvalue weighted by Crippen LogP contribution is -2.65. The first kappa shape index (κ1) is 32.9. The van der Waals surface area contributed by atoms with E-state index >= 15 is 22.0 Å². The highest BCUT2D eigenvalue weighted by atomic mass is 35.5. The van der Waals surface area contributed by atoms with Crippen molar-refractivity contribution in [2.24, 2.45) is 32.5 Å². The zero-order valence-corrected chi connectivity index (χ0v) is 24.4. The van der Waals surface area contributed by atoms with E-state index in [-0.39, 0.29) is 6.42 Å². The van der Waals surface area contributed by atoms with Crippen LogP contribution in [0, 0.1) is 32.5 Å². The van der Waals surface area contributed by atoms with Gasteiger partial charge in [-0.25, -0.2) is 22.0 Å². The molecule has 0 aromatic carbocycles. The summed E-state index contributed by atoms with van der Waals surface area (Å²) in [5.41, 5.74) is -8.46. The predicted octanol–water partition coefficient (Wildman–Crippen LogP) is 10.9. The first-order valence-electron chi connectivity index (χ1n) is 12.3. The third-order valence-electron chi connectivity index (χ3n) is 10.8. The Balaban J connectivity index is 6.66. The largest absolute Gasteiger partial charge is 0.301 e. The van der Waals surface area contributed by atoms with Crippen molar-refractivity contribution in [3.8, 4) is 0 Å². The summed E-state index contributed by atoms with van der Waals surface area (Å²) in [4.78, 5) is 0. The van der Waals surface area contributed by atoms with E-state index in [1.54, 1.807) is 34.6 Å². The lowest BCUT2D eigenvalue weighted by molar-refractivity contribution is -0.270. The van der Waals surface area contributed by atoms with Crippen molar-refractivity contribution in [3.63, 3.8) is 0 Å². The van der Waals surface area contributed by atoms with Gasteiger partial charge < -0.3 is 0 Å². The molecule has 0 aliphatic heterocycles. The molecule has 200 valence electrons. The molecule has 0 fully saturated rings. The third-order valence-corrected chi connectivity index (χ3v) is 11.5. The average molecular weight is 505 g/mol. The number of hydrogen-bond acceptors (Lipinski definition) is 0. The molecular formula is C27H50ClF5. The van der Waals surface area contributed by atoms with Crippen LogP contribution in [0.3, 0.4) is 0 Å². The molecule has 2 unspecified atom stereocenters. The van der Waals surface area contributed by atoms with E-state index in [0.29, 0.717) is 12.8 Å². The van der Waals surface area contributed by atoms with E-state index in [1.165, 1.54) is 48.5 Å². The summed E-state index contributed by atoms with van der Waals surface area (Å²) >= 11 is 6.24. The van der Waals surface area contributed by atoms with E-state index in [2.05, 4.69) is 0 Å². The minimum absolute atomic E-state index is 0.0772. The van der Waals surface area contributed by atoms with Crippen molar-refractivity contribution >= 4 is 11.6 Å². The van der Waals surface area contributed by atoms with Gasteiger partial charge in [-0.15, -0.1) is 0 Å². The summed E-state index contributed by atoms with van der Waals surface area (Å²) in [5, 5.41) is -3.44. The number of rotatable bonds is 12. The molecule has 0 N–H and O–H groups in total. The van der Waals surface area contributed by atoms with Gasteiger partial charge in [-0.3, -0.25) is 0 Å². The van der Waals surface area contributed by atoms with Gasteiger partial charge in [-0.2, -0.15) is 0 Å². The third kappa shape index (κ3) is 4.71. The molecule has 0 amide bonds. The van der Waals surface area contributed by atoms with Crippen LogP contribution in [-0.2, 0) is 0 Å². The number of halogens is 6. The van der Waals surface area contributed by atoms with Gasteiger partial charge in [-0.05, 0) is 22.7 Å². The molecule has 0 saturated carbocycles. The predicted molar refractivity (Wildman–Crippen MR) is 132 cm³/mol. The van der Waals surface area contributed by atoms with Crippen molar-refractivity contribution in [3.05, 3.63) is 0 Å². The number of alkyl halides is 6. The van der Waals surface area contributed by atoms with Crippen LogP contribution < -0.4 is 0 Å². The molecule has 0 heterocycles. The maximum absolute atomic E-state index is 16.4. The van der Waals surface area contributed by atoms with Crippen LogP contribution in [-0.4, -0.2) is 17.0 Å². The molecule has 0 rings (SSSR count). The first-order valence-corrected chi connectivity index (χ1v) is 12.7. The standard InChI is InChI=1S/C27H50ClF5/c1-15-19(4,5)22(10,11)25(29,30)18-21(8,9)23(12,13)27(32,33)26(28,31)24(14,17-3)20(6,7)16-2/h15-18H2,1-14H3. The van der Waals surface area contributed by atoms with Gasteiger partial charge >= 0.3 is 5.92 Å². The van der Waals surface area contributed by atoms with Crippen LogP contribution in [0.2, 0.25) is 0 Å². The summed E-state index contributed by atoms with van der Waals surface area (Å²) in [6, 6.07) is 0. The van der Waals surface area contributed by atoms with Crippen molar-refractivity contribution < 1.29 is 22.0 Å². The van der Waals surface area contributed by atoms with Crippen LogP contribution in [0.4, 0.5) is 22.0 Å². The summed E-state index contributed by atoms with van der Waals surface area (Å²) in [6.45, 7) is 21.8. The maximum Gasteiger partial charge on any atom is 0.301 e. The molecular weight excluding hydrogens is 455 g/mol. The van der Waals surface area contributed by atoms with Gasteiger partial charge in [0.2, 0.25) is 0 Å². The monoisotopic (exact) mass is 504 g/mol. The highest BCUT2D eigenvalue weighted by Crippen LogP contribution is 2.68. The zero-order chi connectivity index (χ0) is 27.3. The molecule has 0 bridgehead atoms. The second-order valence-electron chi connectivity index (χ2n) is 13.3. The fourth-order valence-electron chi connectivity index (χ4n) is 4.61. The molecule has 6 heteroatoms. The lowest BCUT2D eigenvalue weighted by atomic mass is 9.52. The summed E-state index contributed by atoms with van der Waals surface area (Å²) in [6.07, 6.45) is 0.208. The van der Waals surface area contributed by atoms with Crippen molar-refractivity contribution in [1.82, 2.24) is 0 Å².